The molecule has 50 heavy (non-hydrogen) atoms. The molecular formula is C49H33N. The molecule has 0 saturated heterocycles. The van der Waals surface area contributed by atoms with Gasteiger partial charge in [-0.25, -0.2) is 0 Å². The Labute approximate surface area is 292 Å². The van der Waals surface area contributed by atoms with E-state index in [0.29, 0.717) is 0 Å². The third-order valence-corrected chi connectivity index (χ3v) is 9.70. The Morgan fingerprint density at radius 2 is 0.540 bits per heavy atom. The minimum Gasteiger partial charge on any atom is -0.264 e. The van der Waals surface area contributed by atoms with Crippen molar-refractivity contribution in [3.8, 4) is 66.8 Å². The molecule has 0 N–H and O–H groups in total. The van der Waals surface area contributed by atoms with Crippen LogP contribution in [0.15, 0.2) is 200 Å². The molecule has 0 atom stereocenters. The zero-order valence-corrected chi connectivity index (χ0v) is 27.5. The Bertz CT molecular complexity index is 2250. The second kappa shape index (κ2) is 12.8. The molecule has 9 rings (SSSR count). The molecule has 1 aromatic heterocycles. The van der Waals surface area contributed by atoms with Crippen LogP contribution >= 0.6 is 0 Å². The monoisotopic (exact) mass is 635 g/mol. The van der Waals surface area contributed by atoms with Crippen molar-refractivity contribution in [2.24, 2.45) is 0 Å². The van der Waals surface area contributed by atoms with Gasteiger partial charge in [-0.15, -0.1) is 0 Å². The first-order valence-electron chi connectivity index (χ1n) is 17.1. The minimum atomic E-state index is 1.14. The van der Waals surface area contributed by atoms with E-state index in [1.54, 1.807) is 0 Å². The van der Waals surface area contributed by atoms with Crippen LogP contribution in [0.5, 0.6) is 0 Å². The summed E-state index contributed by atoms with van der Waals surface area (Å²) in [4.78, 5) is 4.73. The summed E-state index contributed by atoms with van der Waals surface area (Å²) in [6, 6.07) is 67.9. The molecule has 0 unspecified atom stereocenters. The zero-order chi connectivity index (χ0) is 33.3. The highest BCUT2D eigenvalue weighted by Crippen LogP contribution is 2.46. The van der Waals surface area contributed by atoms with Crippen molar-refractivity contribution in [2.45, 2.75) is 0 Å². The normalized spacial score (nSPS) is 11.2. The van der Waals surface area contributed by atoms with Crippen molar-refractivity contribution < 1.29 is 0 Å². The summed E-state index contributed by atoms with van der Waals surface area (Å²) in [6.45, 7) is 0. The third-order valence-electron chi connectivity index (χ3n) is 9.70. The SMILES string of the molecule is c1ccc(-c2cc(-c3ccccc3)cc(-c3c4ccccc4c(-c4cc(-c5ccccc5)cc(-c5ccccc5)c4)c4cnccc34)c2)cc1. The fraction of sp³-hybridized carbons (Fsp3) is 0. The fourth-order valence-corrected chi connectivity index (χ4v) is 7.38. The molecule has 0 aliphatic carbocycles. The Morgan fingerprint density at radius 3 is 0.920 bits per heavy atom. The van der Waals surface area contributed by atoms with Crippen LogP contribution in [-0.4, -0.2) is 4.98 Å². The maximum Gasteiger partial charge on any atom is 0.0353 e. The van der Waals surface area contributed by atoms with Gasteiger partial charge in [-0.2, -0.15) is 0 Å². The smallest absolute Gasteiger partial charge is 0.0353 e. The van der Waals surface area contributed by atoms with Crippen molar-refractivity contribution >= 4 is 21.5 Å². The molecule has 234 valence electrons. The van der Waals surface area contributed by atoms with Crippen LogP contribution in [0.1, 0.15) is 0 Å². The molecule has 0 saturated carbocycles. The lowest BCUT2D eigenvalue weighted by Crippen LogP contribution is -1.94. The largest absolute Gasteiger partial charge is 0.264 e. The van der Waals surface area contributed by atoms with Crippen molar-refractivity contribution in [3.05, 3.63) is 200 Å². The number of hydrogen-bond acceptors (Lipinski definition) is 1. The minimum absolute atomic E-state index is 1.14. The molecule has 9 aromatic rings. The predicted octanol–water partition coefficient (Wildman–Crippen LogP) is 13.4. The van der Waals surface area contributed by atoms with E-state index < -0.39 is 0 Å². The Balaban J connectivity index is 1.35. The first kappa shape index (κ1) is 29.6. The van der Waals surface area contributed by atoms with Crippen LogP contribution in [0.2, 0.25) is 0 Å². The number of hydrogen-bond donors (Lipinski definition) is 0. The highest BCUT2D eigenvalue weighted by atomic mass is 14.6. The van der Waals surface area contributed by atoms with Gasteiger partial charge in [0.15, 0.2) is 0 Å². The molecule has 0 amide bonds. The average Bonchev–Trinajstić information content (AvgIpc) is 3.21. The third kappa shape index (κ3) is 5.45. The van der Waals surface area contributed by atoms with Crippen molar-refractivity contribution in [2.75, 3.05) is 0 Å². The summed E-state index contributed by atoms with van der Waals surface area (Å²) in [6.07, 6.45) is 3.98. The van der Waals surface area contributed by atoms with E-state index in [-0.39, 0.29) is 0 Å². The molecule has 0 radical (unpaired) electrons. The summed E-state index contributed by atoms with van der Waals surface area (Å²) < 4.78 is 0. The second-order valence-electron chi connectivity index (χ2n) is 12.8. The van der Waals surface area contributed by atoms with Gasteiger partial charge in [-0.05, 0) is 125 Å². The topological polar surface area (TPSA) is 12.9 Å². The van der Waals surface area contributed by atoms with Gasteiger partial charge in [0.05, 0.1) is 0 Å². The molecule has 0 aliphatic heterocycles. The van der Waals surface area contributed by atoms with E-state index in [1.165, 1.54) is 82.9 Å². The van der Waals surface area contributed by atoms with Crippen LogP contribution in [0, 0.1) is 0 Å². The average molecular weight is 636 g/mol. The van der Waals surface area contributed by atoms with Crippen LogP contribution < -0.4 is 0 Å². The summed E-state index contributed by atoms with van der Waals surface area (Å²) in [5, 5.41) is 4.75. The van der Waals surface area contributed by atoms with Gasteiger partial charge in [-0.3, -0.25) is 4.98 Å². The number of benzene rings is 8. The highest BCUT2D eigenvalue weighted by Gasteiger charge is 2.19. The van der Waals surface area contributed by atoms with Gasteiger partial charge in [0.2, 0.25) is 0 Å². The van der Waals surface area contributed by atoms with Gasteiger partial charge in [0, 0.05) is 17.8 Å². The molecular weight excluding hydrogens is 603 g/mol. The van der Waals surface area contributed by atoms with E-state index in [4.69, 9.17) is 4.98 Å². The lowest BCUT2D eigenvalue weighted by atomic mass is 9.84. The summed E-state index contributed by atoms with van der Waals surface area (Å²) in [5.41, 5.74) is 14.3. The van der Waals surface area contributed by atoms with E-state index in [1.807, 2.05) is 6.20 Å². The van der Waals surface area contributed by atoms with Gasteiger partial charge in [0.25, 0.3) is 0 Å². The molecule has 8 aromatic carbocycles. The van der Waals surface area contributed by atoms with Gasteiger partial charge in [0.1, 0.15) is 0 Å². The lowest BCUT2D eigenvalue weighted by molar-refractivity contribution is 1.37. The Morgan fingerprint density at radius 1 is 0.240 bits per heavy atom. The van der Waals surface area contributed by atoms with E-state index in [0.717, 1.165) is 5.39 Å². The van der Waals surface area contributed by atoms with Crippen LogP contribution in [0.4, 0.5) is 0 Å². The van der Waals surface area contributed by atoms with E-state index in [2.05, 4.69) is 194 Å². The fourth-order valence-electron chi connectivity index (χ4n) is 7.38. The molecule has 0 aliphatic rings. The summed E-state index contributed by atoms with van der Waals surface area (Å²) in [7, 11) is 0. The number of fused-ring (bicyclic) bond motifs is 2. The number of aromatic nitrogens is 1. The Hall–Kier alpha value is -6.57. The Kier molecular flexibility index (Phi) is 7.57. The summed E-state index contributed by atoms with van der Waals surface area (Å²) >= 11 is 0. The van der Waals surface area contributed by atoms with Crippen molar-refractivity contribution in [1.82, 2.24) is 4.98 Å². The highest BCUT2D eigenvalue weighted by molar-refractivity contribution is 6.21. The van der Waals surface area contributed by atoms with Crippen molar-refractivity contribution in [3.63, 3.8) is 0 Å². The molecule has 0 spiro atoms. The maximum absolute atomic E-state index is 4.73. The van der Waals surface area contributed by atoms with Gasteiger partial charge in [-0.1, -0.05) is 146 Å². The summed E-state index contributed by atoms with van der Waals surface area (Å²) in [5.74, 6) is 0. The van der Waals surface area contributed by atoms with E-state index >= 15 is 0 Å². The molecule has 1 nitrogen and oxygen atoms in total. The maximum atomic E-state index is 4.73. The predicted molar refractivity (Wildman–Crippen MR) is 212 cm³/mol. The lowest BCUT2D eigenvalue weighted by Gasteiger charge is -2.20. The second-order valence-corrected chi connectivity index (χ2v) is 12.8. The van der Waals surface area contributed by atoms with E-state index in [9.17, 15) is 0 Å². The van der Waals surface area contributed by atoms with Crippen LogP contribution in [0.25, 0.3) is 88.3 Å². The van der Waals surface area contributed by atoms with Gasteiger partial charge < -0.3 is 0 Å². The standard InChI is InChI=1S/C49H33N/c1-5-15-34(16-6-1)38-27-39(35-17-7-2-8-18-35)30-42(29-38)48-44-23-13-14-24-45(44)49(47-33-50-26-25-46(47)48)43-31-40(36-19-9-3-10-20-36)28-41(32-43)37-21-11-4-12-22-37/h1-33H. The number of pyridine rings is 1. The number of rotatable bonds is 6. The number of nitrogens with zero attached hydrogens (tertiary/aromatic N) is 1. The first-order valence-corrected chi connectivity index (χ1v) is 17.1. The molecule has 0 bridgehead atoms. The first-order chi connectivity index (χ1) is 24.8. The molecule has 1 heterocycles. The van der Waals surface area contributed by atoms with Crippen LogP contribution in [-0.2, 0) is 0 Å². The molecule has 1 heteroatoms. The van der Waals surface area contributed by atoms with Crippen LogP contribution in [0.3, 0.4) is 0 Å². The van der Waals surface area contributed by atoms with Gasteiger partial charge >= 0.3 is 0 Å². The van der Waals surface area contributed by atoms with Crippen molar-refractivity contribution in [1.29, 1.82) is 0 Å². The quantitative estimate of drug-likeness (QED) is 0.166. The zero-order valence-electron chi connectivity index (χ0n) is 27.5. The molecule has 0 fully saturated rings.